The summed E-state index contributed by atoms with van der Waals surface area (Å²) in [6.07, 6.45) is 3.16. The maximum Gasteiger partial charge on any atom is 0.314 e. The van der Waals surface area contributed by atoms with Crippen LogP contribution >= 0.6 is 0 Å². The van der Waals surface area contributed by atoms with Gasteiger partial charge in [0.15, 0.2) is 5.76 Å². The molecule has 0 bridgehead atoms. The average molecular weight is 493 g/mol. The molecule has 0 spiro atoms. The molecular formula is C31H28N2O4. The Morgan fingerprint density at radius 2 is 1.59 bits per heavy atom. The molecule has 2 unspecified atom stereocenters. The molecule has 6 rings (SSSR count). The molecule has 2 aliphatic rings. The number of benzene rings is 3. The second-order valence-electron chi connectivity index (χ2n) is 10.3. The van der Waals surface area contributed by atoms with Crippen LogP contribution < -0.4 is 5.73 Å². The highest BCUT2D eigenvalue weighted by Crippen LogP contribution is 2.49. The number of aryl methyl sites for hydroxylation is 2. The maximum absolute atomic E-state index is 12.8. The summed E-state index contributed by atoms with van der Waals surface area (Å²) in [7, 11) is 0. The fourth-order valence-corrected chi connectivity index (χ4v) is 5.98. The van der Waals surface area contributed by atoms with Gasteiger partial charge in [0.1, 0.15) is 0 Å². The number of carbonyl (C=O) groups excluding carboxylic acids is 1. The number of hydrogen-bond acceptors (Lipinski definition) is 4. The van der Waals surface area contributed by atoms with Gasteiger partial charge < -0.3 is 15.4 Å². The Kier molecular flexibility index (Phi) is 5.48. The molecule has 37 heavy (non-hydrogen) atoms. The summed E-state index contributed by atoms with van der Waals surface area (Å²) in [6.45, 7) is 1.86. The van der Waals surface area contributed by atoms with Crippen molar-refractivity contribution < 1.29 is 19.2 Å². The van der Waals surface area contributed by atoms with Crippen molar-refractivity contribution >= 4 is 11.9 Å². The first-order valence-corrected chi connectivity index (χ1v) is 12.7. The number of nitrogens with two attached hydrogens (primary N) is 1. The number of primary amides is 1. The predicted molar refractivity (Wildman–Crippen MR) is 140 cm³/mol. The van der Waals surface area contributed by atoms with Gasteiger partial charge >= 0.3 is 5.97 Å². The zero-order valence-corrected chi connectivity index (χ0v) is 20.6. The van der Waals surface area contributed by atoms with Crippen LogP contribution in [0.25, 0.3) is 22.5 Å². The van der Waals surface area contributed by atoms with Crippen LogP contribution in [0.2, 0.25) is 0 Å². The zero-order chi connectivity index (χ0) is 25.7. The predicted octanol–water partition coefficient (Wildman–Crippen LogP) is 5.73. The number of carboxylic acids is 1. The van der Waals surface area contributed by atoms with E-state index in [1.807, 2.05) is 67.6 Å². The molecule has 0 aliphatic heterocycles. The van der Waals surface area contributed by atoms with Gasteiger partial charge in [0.05, 0.1) is 17.0 Å². The van der Waals surface area contributed by atoms with Crippen LogP contribution in [0.3, 0.4) is 0 Å². The fourth-order valence-electron chi connectivity index (χ4n) is 5.98. The lowest BCUT2D eigenvalue weighted by atomic mass is 9.80. The first-order chi connectivity index (χ1) is 17.9. The number of rotatable bonds is 7. The smallest absolute Gasteiger partial charge is 0.314 e. The number of nitrogens with zero attached hydrogens (tertiary/aromatic N) is 1. The van der Waals surface area contributed by atoms with Crippen LogP contribution in [0, 0.1) is 6.92 Å². The lowest BCUT2D eigenvalue weighted by Gasteiger charge is -2.22. The van der Waals surface area contributed by atoms with E-state index < -0.39 is 17.3 Å². The van der Waals surface area contributed by atoms with Gasteiger partial charge in [0.25, 0.3) is 0 Å². The van der Waals surface area contributed by atoms with E-state index in [0.29, 0.717) is 24.3 Å². The molecule has 2 aliphatic carbocycles. The Labute approximate surface area is 215 Å². The molecule has 1 saturated carbocycles. The van der Waals surface area contributed by atoms with E-state index in [-0.39, 0.29) is 11.8 Å². The van der Waals surface area contributed by atoms with Crippen molar-refractivity contribution in [1.82, 2.24) is 5.16 Å². The van der Waals surface area contributed by atoms with Gasteiger partial charge in [0.2, 0.25) is 5.91 Å². The number of fused-ring (bicyclic) bond motifs is 1. The molecule has 186 valence electrons. The van der Waals surface area contributed by atoms with E-state index in [4.69, 9.17) is 10.3 Å². The SMILES string of the molecule is Cc1noc(-c2ccc(-c3ccc(C4(C(=O)O)CC4)cc3)cc2)c1C(C(N)=O)C1CCc2ccccc21. The lowest BCUT2D eigenvalue weighted by Crippen LogP contribution is -2.27. The Morgan fingerprint density at radius 3 is 2.22 bits per heavy atom. The van der Waals surface area contributed by atoms with E-state index in [1.54, 1.807) is 0 Å². The molecule has 2 atom stereocenters. The number of amides is 1. The minimum absolute atomic E-state index is 0.0103. The second-order valence-corrected chi connectivity index (χ2v) is 10.3. The molecule has 3 N–H and O–H groups in total. The molecule has 6 heteroatoms. The Balaban J connectivity index is 1.31. The molecule has 6 nitrogen and oxygen atoms in total. The average Bonchev–Trinajstić information content (AvgIpc) is 3.51. The number of carboxylic acid groups (broad SMARTS) is 1. The third-order valence-corrected chi connectivity index (χ3v) is 8.18. The van der Waals surface area contributed by atoms with Gasteiger partial charge in [-0.15, -0.1) is 0 Å². The van der Waals surface area contributed by atoms with Gasteiger partial charge in [-0.1, -0.05) is 78.0 Å². The summed E-state index contributed by atoms with van der Waals surface area (Å²) in [6, 6.07) is 23.9. The Morgan fingerprint density at radius 1 is 0.973 bits per heavy atom. The monoisotopic (exact) mass is 492 g/mol. The normalized spacial score (nSPS) is 18.2. The summed E-state index contributed by atoms with van der Waals surface area (Å²) < 4.78 is 5.77. The number of carbonyl (C=O) groups is 2. The highest BCUT2D eigenvalue weighted by molar-refractivity contribution is 5.87. The summed E-state index contributed by atoms with van der Waals surface area (Å²) in [5.41, 5.74) is 12.9. The van der Waals surface area contributed by atoms with Crippen LogP contribution in [-0.4, -0.2) is 22.1 Å². The van der Waals surface area contributed by atoms with E-state index >= 15 is 0 Å². The summed E-state index contributed by atoms with van der Waals surface area (Å²) in [5, 5.41) is 13.8. The molecule has 1 aromatic heterocycles. The highest BCUT2D eigenvalue weighted by atomic mass is 16.5. The van der Waals surface area contributed by atoms with Crippen LogP contribution in [0.4, 0.5) is 0 Å². The molecule has 1 fully saturated rings. The quantitative estimate of drug-likeness (QED) is 0.343. The molecule has 4 aromatic rings. The molecular weight excluding hydrogens is 464 g/mol. The minimum Gasteiger partial charge on any atom is -0.481 e. The molecule has 0 radical (unpaired) electrons. The lowest BCUT2D eigenvalue weighted by molar-refractivity contribution is -0.140. The van der Waals surface area contributed by atoms with Gasteiger partial charge in [-0.25, -0.2) is 0 Å². The van der Waals surface area contributed by atoms with E-state index in [9.17, 15) is 14.7 Å². The van der Waals surface area contributed by atoms with E-state index in [2.05, 4.69) is 17.3 Å². The van der Waals surface area contributed by atoms with Gasteiger partial charge in [-0.05, 0) is 60.4 Å². The van der Waals surface area contributed by atoms with E-state index in [1.165, 1.54) is 11.1 Å². The maximum atomic E-state index is 12.8. The standard InChI is InChI=1S/C31H28N2O4/c1-18-26(27(29(32)34)25-15-12-21-4-2-3-5-24(21)25)28(37-33-18)22-8-6-19(7-9-22)20-10-13-23(14-11-20)31(16-17-31)30(35)36/h2-11,13-14,25,27H,12,15-17H2,1H3,(H2,32,34)(H,35,36). The van der Waals surface area contributed by atoms with Gasteiger partial charge in [-0.3, -0.25) is 9.59 Å². The van der Waals surface area contributed by atoms with Crippen molar-refractivity contribution in [3.63, 3.8) is 0 Å². The van der Waals surface area contributed by atoms with Crippen LogP contribution in [-0.2, 0) is 21.4 Å². The van der Waals surface area contributed by atoms with Crippen molar-refractivity contribution in [2.75, 3.05) is 0 Å². The third kappa shape index (κ3) is 3.84. The molecule has 1 amide bonds. The third-order valence-electron chi connectivity index (χ3n) is 8.18. The second kappa shape index (κ2) is 8.73. The fraction of sp³-hybridized carbons (Fsp3) is 0.258. The summed E-state index contributed by atoms with van der Waals surface area (Å²) in [4.78, 5) is 24.5. The van der Waals surface area contributed by atoms with Gasteiger partial charge in [0, 0.05) is 17.0 Å². The van der Waals surface area contributed by atoms with Crippen molar-refractivity contribution in [2.45, 2.75) is 49.9 Å². The van der Waals surface area contributed by atoms with Gasteiger partial charge in [-0.2, -0.15) is 0 Å². The summed E-state index contributed by atoms with van der Waals surface area (Å²) in [5.74, 6) is -1.09. The van der Waals surface area contributed by atoms with Crippen LogP contribution in [0.5, 0.6) is 0 Å². The topological polar surface area (TPSA) is 106 Å². The largest absolute Gasteiger partial charge is 0.481 e. The van der Waals surface area contributed by atoms with Crippen LogP contribution in [0.1, 0.15) is 59.0 Å². The van der Waals surface area contributed by atoms with Crippen molar-refractivity contribution in [1.29, 1.82) is 0 Å². The Hall–Kier alpha value is -4.19. The minimum atomic E-state index is -0.752. The molecule has 3 aromatic carbocycles. The first-order valence-electron chi connectivity index (χ1n) is 12.7. The number of aromatic nitrogens is 1. The molecule has 0 saturated heterocycles. The number of aliphatic carboxylic acids is 1. The highest BCUT2D eigenvalue weighted by Gasteiger charge is 2.51. The number of hydrogen-bond donors (Lipinski definition) is 2. The first kappa shape index (κ1) is 23.2. The zero-order valence-electron chi connectivity index (χ0n) is 20.6. The molecule has 1 heterocycles. The Bertz CT molecular complexity index is 1500. The summed E-state index contributed by atoms with van der Waals surface area (Å²) >= 11 is 0. The van der Waals surface area contributed by atoms with E-state index in [0.717, 1.165) is 40.7 Å². The van der Waals surface area contributed by atoms with Crippen molar-refractivity contribution in [3.8, 4) is 22.5 Å². The van der Waals surface area contributed by atoms with Crippen molar-refractivity contribution in [2.24, 2.45) is 5.73 Å². The van der Waals surface area contributed by atoms with Crippen molar-refractivity contribution in [3.05, 3.63) is 101 Å². The van der Waals surface area contributed by atoms with Crippen LogP contribution in [0.15, 0.2) is 77.3 Å².